The molecule has 1 unspecified atom stereocenters. The number of aryl methyl sites for hydroxylation is 1. The van der Waals surface area contributed by atoms with Gasteiger partial charge in [0.1, 0.15) is 0 Å². The van der Waals surface area contributed by atoms with E-state index in [-0.39, 0.29) is 6.04 Å². The van der Waals surface area contributed by atoms with Crippen LogP contribution in [0.15, 0.2) is 30.3 Å². The molecule has 0 aliphatic rings. The lowest BCUT2D eigenvalue weighted by Crippen LogP contribution is -2.19. The van der Waals surface area contributed by atoms with Crippen LogP contribution in [0.25, 0.3) is 10.9 Å². The van der Waals surface area contributed by atoms with E-state index in [1.807, 2.05) is 18.2 Å². The third-order valence-electron chi connectivity index (χ3n) is 2.97. The molecule has 0 aliphatic heterocycles. The highest BCUT2D eigenvalue weighted by atomic mass is 16.5. The van der Waals surface area contributed by atoms with Gasteiger partial charge in [-0.2, -0.15) is 0 Å². The van der Waals surface area contributed by atoms with Crippen molar-refractivity contribution in [3.05, 3.63) is 41.6 Å². The van der Waals surface area contributed by atoms with Crippen molar-refractivity contribution in [1.29, 1.82) is 0 Å². The van der Waals surface area contributed by atoms with Crippen molar-refractivity contribution in [1.82, 2.24) is 4.98 Å². The van der Waals surface area contributed by atoms with Crippen LogP contribution in [0.5, 0.6) is 0 Å². The van der Waals surface area contributed by atoms with E-state index in [2.05, 4.69) is 31.0 Å². The third-order valence-corrected chi connectivity index (χ3v) is 2.97. The van der Waals surface area contributed by atoms with Crippen LogP contribution in [-0.2, 0) is 4.74 Å². The van der Waals surface area contributed by atoms with Crippen LogP contribution in [0.2, 0.25) is 0 Å². The molecule has 1 atom stereocenters. The molecule has 0 amide bonds. The molecule has 0 aliphatic carbocycles. The van der Waals surface area contributed by atoms with Gasteiger partial charge in [0.15, 0.2) is 0 Å². The largest absolute Gasteiger partial charge is 0.379 e. The van der Waals surface area contributed by atoms with Crippen molar-refractivity contribution in [3.63, 3.8) is 0 Å². The van der Waals surface area contributed by atoms with Crippen LogP contribution < -0.4 is 5.73 Å². The Morgan fingerprint density at radius 1 is 1.33 bits per heavy atom. The molecule has 0 radical (unpaired) electrons. The van der Waals surface area contributed by atoms with Gasteiger partial charge < -0.3 is 10.5 Å². The maximum Gasteiger partial charge on any atom is 0.0708 e. The molecule has 18 heavy (non-hydrogen) atoms. The highest BCUT2D eigenvalue weighted by molar-refractivity contribution is 5.82. The van der Waals surface area contributed by atoms with Crippen molar-refractivity contribution in [2.45, 2.75) is 26.3 Å². The van der Waals surface area contributed by atoms with Crippen molar-refractivity contribution in [2.24, 2.45) is 5.73 Å². The normalized spacial score (nSPS) is 12.8. The van der Waals surface area contributed by atoms with Crippen LogP contribution in [-0.4, -0.2) is 18.2 Å². The topological polar surface area (TPSA) is 48.1 Å². The summed E-state index contributed by atoms with van der Waals surface area (Å²) in [7, 11) is 0. The molecule has 0 fully saturated rings. The van der Waals surface area contributed by atoms with E-state index in [1.165, 1.54) is 10.9 Å². The fraction of sp³-hybridized carbons (Fsp3) is 0.400. The molecule has 1 aromatic carbocycles. The molecule has 1 aromatic heterocycles. The number of para-hydroxylation sites is 1. The fourth-order valence-electron chi connectivity index (χ4n) is 2.01. The first-order valence-corrected chi connectivity index (χ1v) is 6.42. The van der Waals surface area contributed by atoms with Gasteiger partial charge in [0.05, 0.1) is 23.9 Å². The second-order valence-corrected chi connectivity index (χ2v) is 4.56. The summed E-state index contributed by atoms with van der Waals surface area (Å²) in [6.07, 6.45) is 1.01. The molecule has 2 N–H and O–H groups in total. The van der Waals surface area contributed by atoms with E-state index < -0.39 is 0 Å². The van der Waals surface area contributed by atoms with Gasteiger partial charge in [0.25, 0.3) is 0 Å². The molecule has 2 aromatic rings. The second kappa shape index (κ2) is 5.94. The van der Waals surface area contributed by atoms with Gasteiger partial charge in [-0.15, -0.1) is 0 Å². The van der Waals surface area contributed by atoms with E-state index in [4.69, 9.17) is 10.5 Å². The molecule has 3 heteroatoms. The molecule has 0 saturated carbocycles. The smallest absolute Gasteiger partial charge is 0.0708 e. The Labute approximate surface area is 108 Å². The first kappa shape index (κ1) is 13.0. The molecule has 2 rings (SSSR count). The Morgan fingerprint density at radius 2 is 2.11 bits per heavy atom. The number of hydrogen-bond acceptors (Lipinski definition) is 3. The monoisotopic (exact) mass is 244 g/mol. The minimum Gasteiger partial charge on any atom is -0.379 e. The fourth-order valence-corrected chi connectivity index (χ4v) is 2.01. The summed E-state index contributed by atoms with van der Waals surface area (Å²) in [6.45, 7) is 5.45. The number of hydrogen-bond donors (Lipinski definition) is 1. The average Bonchev–Trinajstić information content (AvgIpc) is 2.39. The first-order valence-electron chi connectivity index (χ1n) is 6.42. The van der Waals surface area contributed by atoms with Crippen molar-refractivity contribution in [2.75, 3.05) is 13.2 Å². The SMILES string of the molecule is CCCOCC(N)c1cc(C)c2ccccc2n1. The maximum absolute atomic E-state index is 6.11. The zero-order valence-electron chi connectivity index (χ0n) is 11.0. The van der Waals surface area contributed by atoms with Crippen LogP contribution in [0.1, 0.15) is 30.6 Å². The Balaban J connectivity index is 2.23. The summed E-state index contributed by atoms with van der Waals surface area (Å²) in [5.41, 5.74) is 9.22. The first-order chi connectivity index (χ1) is 8.72. The summed E-state index contributed by atoms with van der Waals surface area (Å²) >= 11 is 0. The standard InChI is InChI=1S/C15H20N2O/c1-3-8-18-10-13(16)15-9-11(2)12-6-4-5-7-14(12)17-15/h4-7,9,13H,3,8,10,16H2,1-2H3. The molecule has 1 heterocycles. The van der Waals surface area contributed by atoms with Crippen molar-refractivity contribution < 1.29 is 4.74 Å². The maximum atomic E-state index is 6.11. The molecular formula is C15H20N2O. The lowest BCUT2D eigenvalue weighted by atomic mass is 10.1. The van der Waals surface area contributed by atoms with Crippen LogP contribution in [0.4, 0.5) is 0 Å². The van der Waals surface area contributed by atoms with Crippen molar-refractivity contribution in [3.8, 4) is 0 Å². The number of pyridine rings is 1. The lowest BCUT2D eigenvalue weighted by molar-refractivity contribution is 0.121. The summed E-state index contributed by atoms with van der Waals surface area (Å²) < 4.78 is 5.49. The minimum atomic E-state index is -0.153. The number of fused-ring (bicyclic) bond motifs is 1. The van der Waals surface area contributed by atoms with Gasteiger partial charge in [-0.25, -0.2) is 0 Å². The summed E-state index contributed by atoms with van der Waals surface area (Å²) in [4.78, 5) is 4.61. The number of aromatic nitrogens is 1. The predicted octanol–water partition coefficient (Wildman–Crippen LogP) is 2.97. The lowest BCUT2D eigenvalue weighted by Gasteiger charge is -2.13. The number of nitrogens with two attached hydrogens (primary N) is 1. The van der Waals surface area contributed by atoms with Gasteiger partial charge in [0.2, 0.25) is 0 Å². The zero-order chi connectivity index (χ0) is 13.0. The van der Waals surface area contributed by atoms with Crippen LogP contribution in [0, 0.1) is 6.92 Å². The Kier molecular flexibility index (Phi) is 4.28. The quantitative estimate of drug-likeness (QED) is 0.823. The average molecular weight is 244 g/mol. The highest BCUT2D eigenvalue weighted by Gasteiger charge is 2.10. The van der Waals surface area contributed by atoms with E-state index in [9.17, 15) is 0 Å². The number of benzene rings is 1. The van der Waals surface area contributed by atoms with Crippen LogP contribution >= 0.6 is 0 Å². The predicted molar refractivity (Wildman–Crippen MR) is 74.5 cm³/mol. The Bertz CT molecular complexity index is 525. The van der Waals surface area contributed by atoms with Gasteiger partial charge in [-0.3, -0.25) is 4.98 Å². The van der Waals surface area contributed by atoms with Crippen molar-refractivity contribution >= 4 is 10.9 Å². The highest BCUT2D eigenvalue weighted by Crippen LogP contribution is 2.20. The number of nitrogens with zero attached hydrogens (tertiary/aromatic N) is 1. The van der Waals surface area contributed by atoms with Gasteiger partial charge in [0, 0.05) is 12.0 Å². The zero-order valence-corrected chi connectivity index (χ0v) is 11.0. The van der Waals surface area contributed by atoms with E-state index >= 15 is 0 Å². The summed E-state index contributed by atoms with van der Waals surface area (Å²) in [6, 6.07) is 10.0. The molecule has 0 bridgehead atoms. The van der Waals surface area contributed by atoms with E-state index in [0.29, 0.717) is 6.61 Å². The van der Waals surface area contributed by atoms with E-state index in [1.54, 1.807) is 0 Å². The second-order valence-electron chi connectivity index (χ2n) is 4.56. The molecule has 3 nitrogen and oxygen atoms in total. The van der Waals surface area contributed by atoms with Gasteiger partial charge >= 0.3 is 0 Å². The van der Waals surface area contributed by atoms with Crippen LogP contribution in [0.3, 0.4) is 0 Å². The number of rotatable bonds is 5. The molecule has 0 spiro atoms. The Morgan fingerprint density at radius 3 is 2.89 bits per heavy atom. The van der Waals surface area contributed by atoms with Gasteiger partial charge in [-0.1, -0.05) is 25.1 Å². The van der Waals surface area contributed by atoms with E-state index in [0.717, 1.165) is 24.2 Å². The number of ether oxygens (including phenoxy) is 1. The third kappa shape index (κ3) is 2.86. The summed E-state index contributed by atoms with van der Waals surface area (Å²) in [5, 5.41) is 1.18. The summed E-state index contributed by atoms with van der Waals surface area (Å²) in [5.74, 6) is 0. The molecular weight excluding hydrogens is 224 g/mol. The van der Waals surface area contributed by atoms with Gasteiger partial charge in [-0.05, 0) is 31.0 Å². The minimum absolute atomic E-state index is 0.153. The molecule has 96 valence electrons. The Hall–Kier alpha value is -1.45. The molecule has 0 saturated heterocycles.